The predicted molar refractivity (Wildman–Crippen MR) is 63.7 cm³/mol. The molecule has 0 saturated carbocycles. The van der Waals surface area contributed by atoms with E-state index in [2.05, 4.69) is 20.2 Å². The monoisotopic (exact) mass is 251 g/mol. The van der Waals surface area contributed by atoms with Crippen LogP contribution in [0, 0.1) is 6.92 Å². The maximum absolute atomic E-state index is 5.72. The van der Waals surface area contributed by atoms with Crippen LogP contribution < -0.4 is 5.73 Å². The summed E-state index contributed by atoms with van der Waals surface area (Å²) in [6.45, 7) is 5.77. The van der Waals surface area contributed by atoms with Crippen molar-refractivity contribution in [2.75, 3.05) is 5.73 Å². The molecular formula is C10H13N5OS. The van der Waals surface area contributed by atoms with Crippen LogP contribution in [0.25, 0.3) is 0 Å². The minimum atomic E-state index is 0.224. The Morgan fingerprint density at radius 3 is 2.65 bits per heavy atom. The fourth-order valence-corrected chi connectivity index (χ4v) is 1.92. The van der Waals surface area contributed by atoms with E-state index in [1.807, 2.05) is 13.8 Å². The first-order chi connectivity index (χ1) is 8.04. The highest BCUT2D eigenvalue weighted by molar-refractivity contribution is 7.99. The zero-order valence-electron chi connectivity index (χ0n) is 9.84. The van der Waals surface area contributed by atoms with Crippen molar-refractivity contribution in [2.45, 2.75) is 36.9 Å². The number of hydrogen-bond acceptors (Lipinski definition) is 7. The normalized spacial score (nSPS) is 11.1. The Bertz CT molecular complexity index is 525. The van der Waals surface area contributed by atoms with Crippen molar-refractivity contribution in [2.24, 2.45) is 0 Å². The Balaban J connectivity index is 2.26. The lowest BCUT2D eigenvalue weighted by Crippen LogP contribution is -2.02. The highest BCUT2D eigenvalue weighted by atomic mass is 32.2. The largest absolute Gasteiger partial charge is 0.416 e. The van der Waals surface area contributed by atoms with Crippen molar-refractivity contribution in [1.82, 2.24) is 20.2 Å². The summed E-state index contributed by atoms with van der Waals surface area (Å²) in [5, 5.41) is 8.81. The third kappa shape index (κ3) is 2.94. The average Bonchev–Trinajstić information content (AvgIpc) is 2.63. The second kappa shape index (κ2) is 4.70. The van der Waals surface area contributed by atoms with E-state index in [0.29, 0.717) is 27.8 Å². The number of nitrogens with zero attached hydrogens (tertiary/aromatic N) is 4. The SMILES string of the molecule is Cc1nnc(Sc2cc(N)nc(C(C)C)n2)o1. The van der Waals surface area contributed by atoms with Crippen LogP contribution in [-0.2, 0) is 0 Å². The first-order valence-electron chi connectivity index (χ1n) is 5.17. The molecule has 0 aliphatic heterocycles. The van der Waals surface area contributed by atoms with Crippen molar-refractivity contribution >= 4 is 17.6 Å². The molecule has 2 aromatic heterocycles. The van der Waals surface area contributed by atoms with Gasteiger partial charge in [0.1, 0.15) is 16.7 Å². The van der Waals surface area contributed by atoms with E-state index in [1.54, 1.807) is 13.0 Å². The van der Waals surface area contributed by atoms with Crippen LogP contribution >= 0.6 is 11.8 Å². The van der Waals surface area contributed by atoms with Gasteiger partial charge in [0, 0.05) is 18.9 Å². The molecule has 0 saturated heterocycles. The molecule has 6 nitrogen and oxygen atoms in total. The zero-order chi connectivity index (χ0) is 12.4. The predicted octanol–water partition coefficient (Wildman–Crippen LogP) is 2.02. The van der Waals surface area contributed by atoms with Crippen LogP contribution in [0.15, 0.2) is 20.7 Å². The molecule has 7 heteroatoms. The van der Waals surface area contributed by atoms with E-state index in [1.165, 1.54) is 11.8 Å². The standard InChI is InChI=1S/C10H13N5OS/c1-5(2)9-12-7(11)4-8(13-9)17-10-15-14-6(3)16-10/h4-5H,1-3H3,(H2,11,12,13). The maximum atomic E-state index is 5.72. The van der Waals surface area contributed by atoms with Gasteiger partial charge in [-0.15, -0.1) is 10.2 Å². The second-order valence-electron chi connectivity index (χ2n) is 3.83. The van der Waals surface area contributed by atoms with Gasteiger partial charge in [0.05, 0.1) is 0 Å². The zero-order valence-corrected chi connectivity index (χ0v) is 10.7. The molecule has 0 aliphatic rings. The van der Waals surface area contributed by atoms with E-state index in [0.717, 1.165) is 0 Å². The molecule has 0 bridgehead atoms. The minimum Gasteiger partial charge on any atom is -0.416 e. The van der Waals surface area contributed by atoms with Gasteiger partial charge in [0.25, 0.3) is 5.22 Å². The Kier molecular flexibility index (Phi) is 3.28. The van der Waals surface area contributed by atoms with Gasteiger partial charge in [0.15, 0.2) is 0 Å². The average molecular weight is 251 g/mol. The molecule has 0 fully saturated rings. The summed E-state index contributed by atoms with van der Waals surface area (Å²) in [4.78, 5) is 8.55. The third-order valence-electron chi connectivity index (χ3n) is 1.96. The number of rotatable bonds is 3. The summed E-state index contributed by atoms with van der Waals surface area (Å²) in [5.74, 6) is 1.91. The van der Waals surface area contributed by atoms with E-state index in [-0.39, 0.29) is 5.92 Å². The van der Waals surface area contributed by atoms with Gasteiger partial charge in [-0.1, -0.05) is 13.8 Å². The topological polar surface area (TPSA) is 90.7 Å². The van der Waals surface area contributed by atoms with E-state index in [9.17, 15) is 0 Å². The Labute approximate surface area is 103 Å². The molecule has 17 heavy (non-hydrogen) atoms. The molecule has 0 amide bonds. The lowest BCUT2D eigenvalue weighted by atomic mass is 10.2. The smallest absolute Gasteiger partial charge is 0.282 e. The number of aromatic nitrogens is 4. The molecule has 0 aliphatic carbocycles. The van der Waals surface area contributed by atoms with Gasteiger partial charge in [-0.2, -0.15) is 0 Å². The first kappa shape index (κ1) is 11.8. The number of aryl methyl sites for hydroxylation is 1. The minimum absolute atomic E-state index is 0.224. The molecule has 90 valence electrons. The molecule has 0 unspecified atom stereocenters. The Hall–Kier alpha value is -1.63. The fraction of sp³-hybridized carbons (Fsp3) is 0.400. The molecule has 0 aromatic carbocycles. The summed E-state index contributed by atoms with van der Waals surface area (Å²) in [6, 6.07) is 1.69. The van der Waals surface area contributed by atoms with Gasteiger partial charge >= 0.3 is 0 Å². The van der Waals surface area contributed by atoms with Crippen LogP contribution in [0.4, 0.5) is 5.82 Å². The van der Waals surface area contributed by atoms with Crippen molar-refractivity contribution in [3.8, 4) is 0 Å². The van der Waals surface area contributed by atoms with Crippen LogP contribution in [-0.4, -0.2) is 20.2 Å². The summed E-state index contributed by atoms with van der Waals surface area (Å²) in [6.07, 6.45) is 0. The number of nitrogen functional groups attached to an aromatic ring is 1. The van der Waals surface area contributed by atoms with Crippen LogP contribution in [0.3, 0.4) is 0 Å². The first-order valence-corrected chi connectivity index (χ1v) is 5.98. The quantitative estimate of drug-likeness (QED) is 0.834. The summed E-state index contributed by atoms with van der Waals surface area (Å²) in [7, 11) is 0. The molecule has 0 radical (unpaired) electrons. The highest BCUT2D eigenvalue weighted by Crippen LogP contribution is 2.26. The van der Waals surface area contributed by atoms with Crippen molar-refractivity contribution in [1.29, 1.82) is 0 Å². The van der Waals surface area contributed by atoms with Gasteiger partial charge in [-0.25, -0.2) is 9.97 Å². The molecular weight excluding hydrogens is 238 g/mol. The molecule has 0 spiro atoms. The van der Waals surface area contributed by atoms with E-state index < -0.39 is 0 Å². The summed E-state index contributed by atoms with van der Waals surface area (Å²) >= 11 is 1.28. The molecule has 2 rings (SSSR count). The summed E-state index contributed by atoms with van der Waals surface area (Å²) < 4.78 is 5.27. The second-order valence-corrected chi connectivity index (χ2v) is 4.80. The highest BCUT2D eigenvalue weighted by Gasteiger charge is 2.10. The lowest BCUT2D eigenvalue weighted by Gasteiger charge is -2.06. The van der Waals surface area contributed by atoms with E-state index in [4.69, 9.17) is 10.2 Å². The Morgan fingerprint density at radius 1 is 1.29 bits per heavy atom. The Morgan fingerprint density at radius 2 is 2.06 bits per heavy atom. The molecule has 2 heterocycles. The van der Waals surface area contributed by atoms with Gasteiger partial charge in [-0.05, 0) is 11.8 Å². The van der Waals surface area contributed by atoms with Gasteiger partial charge in [-0.3, -0.25) is 0 Å². The summed E-state index contributed by atoms with van der Waals surface area (Å²) in [5.41, 5.74) is 5.72. The maximum Gasteiger partial charge on any atom is 0.282 e. The molecule has 2 aromatic rings. The van der Waals surface area contributed by atoms with Crippen molar-refractivity contribution in [3.05, 3.63) is 17.8 Å². The van der Waals surface area contributed by atoms with Crippen LogP contribution in [0.5, 0.6) is 0 Å². The molecule has 0 atom stereocenters. The van der Waals surface area contributed by atoms with Gasteiger partial charge < -0.3 is 10.2 Å². The number of nitrogens with two attached hydrogens (primary N) is 1. The molecule has 2 N–H and O–H groups in total. The number of hydrogen-bond donors (Lipinski definition) is 1. The van der Waals surface area contributed by atoms with Crippen molar-refractivity contribution in [3.63, 3.8) is 0 Å². The fourth-order valence-electron chi connectivity index (χ4n) is 1.18. The van der Waals surface area contributed by atoms with Gasteiger partial charge in [0.2, 0.25) is 5.89 Å². The number of anilines is 1. The lowest BCUT2D eigenvalue weighted by molar-refractivity contribution is 0.429. The van der Waals surface area contributed by atoms with Crippen LogP contribution in [0.2, 0.25) is 0 Å². The van der Waals surface area contributed by atoms with Crippen LogP contribution in [0.1, 0.15) is 31.5 Å². The van der Waals surface area contributed by atoms with E-state index >= 15 is 0 Å². The third-order valence-corrected chi connectivity index (χ3v) is 2.71. The van der Waals surface area contributed by atoms with Crippen molar-refractivity contribution < 1.29 is 4.42 Å².